The van der Waals surface area contributed by atoms with Crippen LogP contribution in [0.5, 0.6) is 0 Å². The average Bonchev–Trinajstić information content (AvgIpc) is 3.26. The van der Waals surface area contributed by atoms with Crippen LogP contribution in [0.2, 0.25) is 0 Å². The van der Waals surface area contributed by atoms with Gasteiger partial charge >= 0.3 is 5.97 Å². The minimum atomic E-state index is -0.505. The molecule has 2 fully saturated rings. The standard InChI is InChI=1S/C27H28O4/c1-15-13-19(18-9-7-6-8-10-18)14-16(2)20(15)21-24(29)22-23(25(21)30-17(3)28)27(5)12-11-26(22,4)31-27/h6-10,13-14,22-23H,11-12H2,1-5H3/t22-,23+,26?,27?/m0/s1. The van der Waals surface area contributed by atoms with Crippen LogP contribution >= 0.6 is 0 Å². The first-order valence-corrected chi connectivity index (χ1v) is 11.0. The summed E-state index contributed by atoms with van der Waals surface area (Å²) in [6.07, 6.45) is 1.71. The summed E-state index contributed by atoms with van der Waals surface area (Å²) in [4.78, 5) is 25.9. The van der Waals surface area contributed by atoms with Gasteiger partial charge in [0.25, 0.3) is 0 Å². The summed E-state index contributed by atoms with van der Waals surface area (Å²) in [6, 6.07) is 14.4. The molecule has 2 aromatic rings. The molecule has 0 amide bonds. The molecule has 2 saturated heterocycles. The third-order valence-electron chi connectivity index (χ3n) is 7.43. The SMILES string of the molecule is CC(=O)OC1=C(c2c(C)cc(-c3ccccc3)cc2C)C(=O)[C@@H]2[C@H]1C1(C)CCC2(C)O1. The number of hydrogen-bond donors (Lipinski definition) is 0. The molecule has 2 aromatic carbocycles. The molecule has 2 bridgehead atoms. The van der Waals surface area contributed by atoms with Crippen LogP contribution in [0.3, 0.4) is 0 Å². The topological polar surface area (TPSA) is 52.6 Å². The monoisotopic (exact) mass is 416 g/mol. The van der Waals surface area contributed by atoms with Gasteiger partial charge < -0.3 is 9.47 Å². The molecule has 2 heterocycles. The molecule has 2 aliphatic heterocycles. The Labute approximate surface area is 183 Å². The maximum Gasteiger partial charge on any atom is 0.307 e. The maximum atomic E-state index is 13.8. The van der Waals surface area contributed by atoms with Crippen molar-refractivity contribution in [3.8, 4) is 11.1 Å². The van der Waals surface area contributed by atoms with E-state index in [1.807, 2.05) is 39.0 Å². The highest BCUT2D eigenvalue weighted by atomic mass is 16.6. The van der Waals surface area contributed by atoms with Gasteiger partial charge in [-0.3, -0.25) is 9.59 Å². The third-order valence-corrected chi connectivity index (χ3v) is 7.43. The van der Waals surface area contributed by atoms with Crippen LogP contribution in [-0.2, 0) is 19.1 Å². The van der Waals surface area contributed by atoms with Gasteiger partial charge in [0.2, 0.25) is 0 Å². The first kappa shape index (κ1) is 20.2. The van der Waals surface area contributed by atoms with Crippen molar-refractivity contribution in [1.29, 1.82) is 0 Å². The molecular weight excluding hydrogens is 388 g/mol. The van der Waals surface area contributed by atoms with E-state index in [9.17, 15) is 9.59 Å². The van der Waals surface area contributed by atoms with E-state index in [2.05, 4.69) is 31.2 Å². The zero-order valence-electron chi connectivity index (χ0n) is 18.7. The molecule has 0 radical (unpaired) electrons. The van der Waals surface area contributed by atoms with Crippen molar-refractivity contribution in [3.05, 3.63) is 64.9 Å². The van der Waals surface area contributed by atoms with E-state index in [0.29, 0.717) is 11.3 Å². The highest BCUT2D eigenvalue weighted by Gasteiger charge is 2.70. The fraction of sp³-hybridized carbons (Fsp3) is 0.407. The summed E-state index contributed by atoms with van der Waals surface area (Å²) < 4.78 is 12.2. The number of esters is 1. The van der Waals surface area contributed by atoms with E-state index >= 15 is 0 Å². The maximum absolute atomic E-state index is 13.8. The molecule has 160 valence electrons. The van der Waals surface area contributed by atoms with Crippen molar-refractivity contribution in [2.45, 2.75) is 58.7 Å². The van der Waals surface area contributed by atoms with Crippen LogP contribution < -0.4 is 0 Å². The second-order valence-electron chi connectivity index (χ2n) is 9.73. The van der Waals surface area contributed by atoms with Gasteiger partial charge in [0.15, 0.2) is 5.78 Å². The molecule has 4 heteroatoms. The van der Waals surface area contributed by atoms with E-state index < -0.39 is 17.2 Å². The van der Waals surface area contributed by atoms with Crippen molar-refractivity contribution in [3.63, 3.8) is 0 Å². The number of carbonyl (C=O) groups is 2. The van der Waals surface area contributed by atoms with Gasteiger partial charge in [0, 0.05) is 6.92 Å². The lowest BCUT2D eigenvalue weighted by Crippen LogP contribution is -2.40. The number of hydrogen-bond acceptors (Lipinski definition) is 4. The van der Waals surface area contributed by atoms with Crippen molar-refractivity contribution < 1.29 is 19.1 Å². The van der Waals surface area contributed by atoms with Crippen LogP contribution in [0.15, 0.2) is 48.2 Å². The van der Waals surface area contributed by atoms with Crippen LogP contribution in [0.4, 0.5) is 0 Å². The molecule has 2 unspecified atom stereocenters. The Balaban J connectivity index is 1.69. The number of carbonyl (C=O) groups excluding carboxylic acids is 2. The van der Waals surface area contributed by atoms with Gasteiger partial charge in [-0.05, 0) is 68.4 Å². The van der Waals surface area contributed by atoms with E-state index in [0.717, 1.165) is 40.7 Å². The molecule has 0 spiro atoms. The smallest absolute Gasteiger partial charge is 0.307 e. The molecule has 31 heavy (non-hydrogen) atoms. The largest absolute Gasteiger partial charge is 0.430 e. The number of fused-ring (bicyclic) bond motifs is 5. The number of rotatable bonds is 3. The lowest BCUT2D eigenvalue weighted by molar-refractivity contribution is -0.138. The number of allylic oxidation sites excluding steroid dienone is 1. The Morgan fingerprint density at radius 2 is 1.55 bits per heavy atom. The quantitative estimate of drug-likeness (QED) is 0.629. The summed E-state index contributed by atoms with van der Waals surface area (Å²) in [5.74, 6) is -0.361. The van der Waals surface area contributed by atoms with Crippen LogP contribution in [0.25, 0.3) is 16.7 Å². The Kier molecular flexibility index (Phi) is 4.32. The van der Waals surface area contributed by atoms with Crippen molar-refractivity contribution >= 4 is 17.3 Å². The first-order chi connectivity index (χ1) is 14.6. The van der Waals surface area contributed by atoms with Crippen molar-refractivity contribution in [2.75, 3.05) is 0 Å². The number of aryl methyl sites for hydroxylation is 2. The van der Waals surface area contributed by atoms with Crippen molar-refractivity contribution in [1.82, 2.24) is 0 Å². The Bertz CT molecular complexity index is 1120. The fourth-order valence-corrected chi connectivity index (χ4v) is 6.23. The van der Waals surface area contributed by atoms with Gasteiger partial charge in [-0.2, -0.15) is 0 Å². The summed E-state index contributed by atoms with van der Waals surface area (Å²) in [7, 11) is 0. The number of ether oxygens (including phenoxy) is 2. The molecule has 0 saturated carbocycles. The summed E-state index contributed by atoms with van der Waals surface area (Å²) >= 11 is 0. The lowest BCUT2D eigenvalue weighted by Gasteiger charge is -2.31. The van der Waals surface area contributed by atoms with Gasteiger partial charge in [-0.25, -0.2) is 0 Å². The molecule has 0 N–H and O–H groups in total. The number of benzene rings is 2. The minimum Gasteiger partial charge on any atom is -0.430 e. The van der Waals surface area contributed by atoms with Gasteiger partial charge in [0.1, 0.15) is 5.76 Å². The minimum absolute atomic E-state index is 0.0471. The predicted octanol–water partition coefficient (Wildman–Crippen LogP) is 5.40. The highest BCUT2D eigenvalue weighted by Crippen LogP contribution is 2.64. The van der Waals surface area contributed by atoms with E-state index in [1.165, 1.54) is 6.92 Å². The van der Waals surface area contributed by atoms with Gasteiger partial charge in [-0.15, -0.1) is 0 Å². The van der Waals surface area contributed by atoms with E-state index in [1.54, 1.807) is 0 Å². The van der Waals surface area contributed by atoms with E-state index in [-0.39, 0.29) is 17.6 Å². The Hall–Kier alpha value is -2.72. The summed E-state index contributed by atoms with van der Waals surface area (Å²) in [5, 5.41) is 0. The van der Waals surface area contributed by atoms with Crippen LogP contribution in [0, 0.1) is 25.7 Å². The molecule has 5 rings (SSSR count). The van der Waals surface area contributed by atoms with Gasteiger partial charge in [0.05, 0.1) is 28.6 Å². The van der Waals surface area contributed by atoms with E-state index in [4.69, 9.17) is 9.47 Å². The predicted molar refractivity (Wildman–Crippen MR) is 119 cm³/mol. The molecular formula is C27H28O4. The molecule has 4 nitrogen and oxygen atoms in total. The molecule has 4 atom stereocenters. The first-order valence-electron chi connectivity index (χ1n) is 11.0. The van der Waals surface area contributed by atoms with Crippen LogP contribution in [-0.4, -0.2) is 23.0 Å². The highest BCUT2D eigenvalue weighted by molar-refractivity contribution is 6.26. The summed E-state index contributed by atoms with van der Waals surface area (Å²) in [6.45, 7) is 9.55. The Morgan fingerprint density at radius 1 is 0.968 bits per heavy atom. The fourth-order valence-electron chi connectivity index (χ4n) is 6.23. The number of ketones is 1. The normalized spacial score (nSPS) is 31.3. The lowest BCUT2D eigenvalue weighted by atomic mass is 9.68. The second-order valence-corrected chi connectivity index (χ2v) is 9.73. The number of Topliss-reactive ketones (excluding diaryl/α,β-unsaturated/α-hetero) is 1. The van der Waals surface area contributed by atoms with Gasteiger partial charge in [-0.1, -0.05) is 42.5 Å². The average molecular weight is 417 g/mol. The van der Waals surface area contributed by atoms with Crippen molar-refractivity contribution in [2.24, 2.45) is 11.8 Å². The molecule has 1 aliphatic carbocycles. The molecule has 0 aromatic heterocycles. The summed E-state index contributed by atoms with van der Waals surface area (Å²) in [5.41, 5.74) is 4.75. The molecule has 3 aliphatic rings. The Morgan fingerprint density at radius 3 is 2.13 bits per heavy atom. The zero-order chi connectivity index (χ0) is 22.1. The zero-order valence-corrected chi connectivity index (χ0v) is 18.7. The third kappa shape index (κ3) is 2.85. The second kappa shape index (κ2) is 6.64. The van der Waals surface area contributed by atoms with Crippen LogP contribution in [0.1, 0.15) is 50.3 Å².